The lowest BCUT2D eigenvalue weighted by atomic mass is 10.1. The Morgan fingerprint density at radius 3 is 2.48 bits per heavy atom. The Balaban J connectivity index is 1.91. The Kier molecular flexibility index (Phi) is 4.82. The van der Waals surface area contributed by atoms with Crippen molar-refractivity contribution in [3.05, 3.63) is 59.2 Å². The van der Waals surface area contributed by atoms with Crippen LogP contribution < -0.4 is 10.1 Å². The third-order valence-corrected chi connectivity index (χ3v) is 3.36. The van der Waals surface area contributed by atoms with Gasteiger partial charge in [0.15, 0.2) is 0 Å². The van der Waals surface area contributed by atoms with Gasteiger partial charge in [-0.2, -0.15) is 0 Å². The molecule has 0 saturated heterocycles. The van der Waals surface area contributed by atoms with Gasteiger partial charge in [-0.25, -0.2) is 4.79 Å². The maximum atomic E-state index is 11.0. The van der Waals surface area contributed by atoms with Crippen LogP contribution >= 0.6 is 0 Å². The number of ether oxygens (including phenoxy) is 1. The molecule has 0 atom stereocenters. The smallest absolute Gasteiger partial charge is 0.335 e. The zero-order valence-corrected chi connectivity index (χ0v) is 12.2. The average Bonchev–Trinajstić information content (AvgIpc) is 2.47. The quantitative estimate of drug-likeness (QED) is 0.854. The van der Waals surface area contributed by atoms with Gasteiger partial charge in [0, 0.05) is 12.2 Å². The van der Waals surface area contributed by atoms with E-state index in [9.17, 15) is 4.79 Å². The molecular formula is C17H19NO3. The summed E-state index contributed by atoms with van der Waals surface area (Å²) < 4.78 is 5.12. The normalized spacial score (nSPS) is 10.2. The highest BCUT2D eigenvalue weighted by Crippen LogP contribution is 2.16. The van der Waals surface area contributed by atoms with Gasteiger partial charge in [-0.3, -0.25) is 0 Å². The number of anilines is 1. The molecule has 0 bridgehead atoms. The second kappa shape index (κ2) is 6.79. The van der Waals surface area contributed by atoms with E-state index in [-0.39, 0.29) is 0 Å². The highest BCUT2D eigenvalue weighted by Gasteiger charge is 2.06. The van der Waals surface area contributed by atoms with Crippen LogP contribution in [0.15, 0.2) is 42.5 Å². The predicted molar refractivity (Wildman–Crippen MR) is 83.3 cm³/mol. The van der Waals surface area contributed by atoms with E-state index in [0.29, 0.717) is 5.56 Å². The molecule has 2 aromatic rings. The lowest BCUT2D eigenvalue weighted by Gasteiger charge is -2.09. The standard InChI is InChI=1S/C17H19NO3/c1-12-11-14(5-8-16(12)17(19)20)18-10-9-13-3-6-15(21-2)7-4-13/h3-8,11,18H,9-10H2,1-2H3,(H,19,20). The van der Waals surface area contributed by atoms with Gasteiger partial charge in [-0.05, 0) is 54.8 Å². The first-order valence-electron chi connectivity index (χ1n) is 6.81. The molecule has 0 aliphatic rings. The monoisotopic (exact) mass is 285 g/mol. The topological polar surface area (TPSA) is 58.6 Å². The van der Waals surface area contributed by atoms with Gasteiger partial charge in [0.1, 0.15) is 5.75 Å². The van der Waals surface area contributed by atoms with Crippen LogP contribution in [0.25, 0.3) is 0 Å². The minimum atomic E-state index is -0.891. The van der Waals surface area contributed by atoms with Crippen molar-refractivity contribution in [3.8, 4) is 5.75 Å². The van der Waals surface area contributed by atoms with E-state index < -0.39 is 5.97 Å². The van der Waals surface area contributed by atoms with Gasteiger partial charge < -0.3 is 15.2 Å². The third kappa shape index (κ3) is 3.99. The van der Waals surface area contributed by atoms with Crippen molar-refractivity contribution in [2.24, 2.45) is 0 Å². The summed E-state index contributed by atoms with van der Waals surface area (Å²) in [5.41, 5.74) is 3.26. The number of carboxylic acid groups (broad SMARTS) is 1. The molecule has 2 aromatic carbocycles. The van der Waals surface area contributed by atoms with E-state index in [0.717, 1.165) is 30.0 Å². The number of rotatable bonds is 6. The first-order chi connectivity index (χ1) is 10.1. The Morgan fingerprint density at radius 1 is 1.19 bits per heavy atom. The Morgan fingerprint density at radius 2 is 1.90 bits per heavy atom. The zero-order chi connectivity index (χ0) is 15.2. The van der Waals surface area contributed by atoms with Crippen molar-refractivity contribution in [2.75, 3.05) is 19.0 Å². The van der Waals surface area contributed by atoms with Crippen molar-refractivity contribution < 1.29 is 14.6 Å². The summed E-state index contributed by atoms with van der Waals surface area (Å²) in [4.78, 5) is 11.0. The first kappa shape index (κ1) is 14.9. The Bertz CT molecular complexity index is 620. The van der Waals surface area contributed by atoms with Crippen LogP contribution in [0.4, 0.5) is 5.69 Å². The SMILES string of the molecule is COc1ccc(CCNc2ccc(C(=O)O)c(C)c2)cc1. The number of carbonyl (C=O) groups is 1. The maximum Gasteiger partial charge on any atom is 0.335 e. The van der Waals surface area contributed by atoms with E-state index in [1.165, 1.54) is 5.56 Å². The molecule has 0 spiro atoms. The van der Waals surface area contributed by atoms with Crippen molar-refractivity contribution in [1.29, 1.82) is 0 Å². The molecule has 0 aliphatic carbocycles. The number of aromatic carboxylic acids is 1. The molecule has 21 heavy (non-hydrogen) atoms. The van der Waals surface area contributed by atoms with Gasteiger partial charge in [-0.15, -0.1) is 0 Å². The summed E-state index contributed by atoms with van der Waals surface area (Å²) in [6.45, 7) is 2.59. The largest absolute Gasteiger partial charge is 0.497 e. The number of carboxylic acids is 1. The molecule has 4 nitrogen and oxygen atoms in total. The van der Waals surface area contributed by atoms with Crippen molar-refractivity contribution >= 4 is 11.7 Å². The number of aryl methyl sites for hydroxylation is 1. The number of hydrogen-bond donors (Lipinski definition) is 2. The molecule has 2 N–H and O–H groups in total. The summed E-state index contributed by atoms with van der Waals surface area (Å²) in [5.74, 6) is -0.0381. The second-order valence-corrected chi connectivity index (χ2v) is 4.86. The van der Waals surface area contributed by atoms with Crippen molar-refractivity contribution in [1.82, 2.24) is 0 Å². The molecule has 0 amide bonds. The van der Waals surface area contributed by atoms with Gasteiger partial charge in [-0.1, -0.05) is 12.1 Å². The van der Waals surface area contributed by atoms with Crippen LogP contribution in [0.2, 0.25) is 0 Å². The van der Waals surface area contributed by atoms with E-state index in [1.54, 1.807) is 26.2 Å². The fraction of sp³-hybridized carbons (Fsp3) is 0.235. The first-order valence-corrected chi connectivity index (χ1v) is 6.81. The van der Waals surface area contributed by atoms with E-state index in [2.05, 4.69) is 5.32 Å². The number of nitrogens with one attached hydrogen (secondary N) is 1. The van der Waals surface area contributed by atoms with Crippen LogP contribution in [0.1, 0.15) is 21.5 Å². The number of methoxy groups -OCH3 is 1. The maximum absolute atomic E-state index is 11.0. The summed E-state index contributed by atoms with van der Waals surface area (Å²) in [6, 6.07) is 13.3. The minimum Gasteiger partial charge on any atom is -0.497 e. The predicted octanol–water partition coefficient (Wildman–Crippen LogP) is 3.36. The van der Waals surface area contributed by atoms with Crippen LogP contribution in [0.5, 0.6) is 5.75 Å². The molecule has 2 rings (SSSR count). The summed E-state index contributed by atoms with van der Waals surface area (Å²) >= 11 is 0. The Hall–Kier alpha value is -2.49. The molecule has 0 aromatic heterocycles. The van der Waals surface area contributed by atoms with Gasteiger partial charge in [0.2, 0.25) is 0 Å². The third-order valence-electron chi connectivity index (χ3n) is 3.36. The van der Waals surface area contributed by atoms with Gasteiger partial charge >= 0.3 is 5.97 Å². The zero-order valence-electron chi connectivity index (χ0n) is 12.2. The number of hydrogen-bond acceptors (Lipinski definition) is 3. The van der Waals surface area contributed by atoms with E-state index in [4.69, 9.17) is 9.84 Å². The number of benzene rings is 2. The lowest BCUT2D eigenvalue weighted by molar-refractivity contribution is 0.0696. The van der Waals surface area contributed by atoms with Gasteiger partial charge in [0.05, 0.1) is 12.7 Å². The highest BCUT2D eigenvalue weighted by atomic mass is 16.5. The lowest BCUT2D eigenvalue weighted by Crippen LogP contribution is -2.06. The summed E-state index contributed by atoms with van der Waals surface area (Å²) in [7, 11) is 1.65. The molecule has 0 unspecified atom stereocenters. The molecule has 0 aliphatic heterocycles. The fourth-order valence-corrected chi connectivity index (χ4v) is 2.16. The van der Waals surface area contributed by atoms with Crippen LogP contribution in [-0.2, 0) is 6.42 Å². The fourth-order valence-electron chi connectivity index (χ4n) is 2.16. The van der Waals surface area contributed by atoms with E-state index in [1.807, 2.05) is 30.3 Å². The van der Waals surface area contributed by atoms with Crippen molar-refractivity contribution in [3.63, 3.8) is 0 Å². The van der Waals surface area contributed by atoms with Crippen molar-refractivity contribution in [2.45, 2.75) is 13.3 Å². The van der Waals surface area contributed by atoms with E-state index >= 15 is 0 Å². The molecule has 0 radical (unpaired) electrons. The average molecular weight is 285 g/mol. The molecule has 0 saturated carbocycles. The molecule has 110 valence electrons. The Labute approximate surface area is 124 Å². The molecule has 0 fully saturated rings. The highest BCUT2D eigenvalue weighted by molar-refractivity contribution is 5.89. The molecular weight excluding hydrogens is 266 g/mol. The van der Waals surface area contributed by atoms with Crippen LogP contribution in [-0.4, -0.2) is 24.7 Å². The van der Waals surface area contributed by atoms with Crippen LogP contribution in [0.3, 0.4) is 0 Å². The molecule has 0 heterocycles. The van der Waals surface area contributed by atoms with Crippen LogP contribution in [0, 0.1) is 6.92 Å². The van der Waals surface area contributed by atoms with Gasteiger partial charge in [0.25, 0.3) is 0 Å². The molecule has 4 heteroatoms. The summed E-state index contributed by atoms with van der Waals surface area (Å²) in [6.07, 6.45) is 0.893. The summed E-state index contributed by atoms with van der Waals surface area (Å²) in [5, 5.41) is 12.3. The second-order valence-electron chi connectivity index (χ2n) is 4.86. The minimum absolute atomic E-state index is 0.343.